The molecule has 19 heavy (non-hydrogen) atoms. The predicted molar refractivity (Wildman–Crippen MR) is 78.1 cm³/mol. The lowest BCUT2D eigenvalue weighted by atomic mass is 10.0. The molecule has 0 saturated carbocycles. The van der Waals surface area contributed by atoms with E-state index in [1.54, 1.807) is 4.90 Å². The first kappa shape index (κ1) is 13.3. The summed E-state index contributed by atoms with van der Waals surface area (Å²) in [5.41, 5.74) is 2.93. The van der Waals surface area contributed by atoms with Crippen molar-refractivity contribution in [3.63, 3.8) is 0 Å². The molecule has 0 aliphatic carbocycles. The van der Waals surface area contributed by atoms with Crippen molar-refractivity contribution in [3.8, 4) is 0 Å². The second-order valence-electron chi connectivity index (χ2n) is 4.82. The van der Waals surface area contributed by atoms with Gasteiger partial charge in [0, 0.05) is 12.6 Å². The van der Waals surface area contributed by atoms with Crippen molar-refractivity contribution in [1.82, 2.24) is 4.90 Å². The maximum Gasteiger partial charge on any atom is 0.254 e. The molecule has 0 N–H and O–H groups in total. The molecule has 2 heteroatoms. The summed E-state index contributed by atoms with van der Waals surface area (Å²) in [5.74, 6) is 0.0643. The van der Waals surface area contributed by atoms with Gasteiger partial charge in [0.25, 0.3) is 5.91 Å². The summed E-state index contributed by atoms with van der Waals surface area (Å²) >= 11 is 0. The van der Waals surface area contributed by atoms with Crippen LogP contribution in [0.1, 0.15) is 34.5 Å². The number of aryl methyl sites for hydroxylation is 1. The third kappa shape index (κ3) is 2.84. The van der Waals surface area contributed by atoms with Crippen molar-refractivity contribution in [2.75, 3.05) is 7.05 Å². The minimum atomic E-state index is 0.0632. The molecule has 0 unspecified atom stereocenters. The van der Waals surface area contributed by atoms with Crippen LogP contribution in [0.4, 0.5) is 0 Å². The molecule has 98 valence electrons. The van der Waals surface area contributed by atoms with Gasteiger partial charge in [0.2, 0.25) is 0 Å². The van der Waals surface area contributed by atoms with Gasteiger partial charge in [0.1, 0.15) is 0 Å². The standard InChI is InChI=1S/C17H19NO/c1-13-9-7-8-12-16(13)17(19)18(3)14(2)15-10-5-4-6-11-15/h4-12,14H,1-3H3/t14-/m0/s1. The van der Waals surface area contributed by atoms with Crippen LogP contribution < -0.4 is 0 Å². The normalized spacial score (nSPS) is 11.9. The van der Waals surface area contributed by atoms with E-state index in [4.69, 9.17) is 0 Å². The smallest absolute Gasteiger partial charge is 0.254 e. The quantitative estimate of drug-likeness (QED) is 0.814. The van der Waals surface area contributed by atoms with E-state index in [1.165, 1.54) is 0 Å². The number of carbonyl (C=O) groups excluding carboxylic acids is 1. The Morgan fingerprint density at radius 2 is 1.58 bits per heavy atom. The number of hydrogen-bond acceptors (Lipinski definition) is 1. The Morgan fingerprint density at radius 1 is 1.00 bits per heavy atom. The first-order valence-electron chi connectivity index (χ1n) is 6.49. The van der Waals surface area contributed by atoms with Crippen molar-refractivity contribution >= 4 is 5.91 Å². The van der Waals surface area contributed by atoms with Crippen molar-refractivity contribution in [2.24, 2.45) is 0 Å². The average Bonchev–Trinajstić information content (AvgIpc) is 2.46. The van der Waals surface area contributed by atoms with E-state index in [1.807, 2.05) is 75.5 Å². The summed E-state index contributed by atoms with van der Waals surface area (Å²) in [7, 11) is 1.85. The molecule has 1 atom stereocenters. The largest absolute Gasteiger partial charge is 0.335 e. The monoisotopic (exact) mass is 253 g/mol. The topological polar surface area (TPSA) is 20.3 Å². The van der Waals surface area contributed by atoms with Gasteiger partial charge in [-0.1, -0.05) is 48.5 Å². The number of benzene rings is 2. The summed E-state index contributed by atoms with van der Waals surface area (Å²) < 4.78 is 0. The fourth-order valence-electron chi connectivity index (χ4n) is 2.13. The lowest BCUT2D eigenvalue weighted by molar-refractivity contribution is 0.0742. The first-order chi connectivity index (χ1) is 9.11. The molecule has 2 nitrogen and oxygen atoms in total. The van der Waals surface area contributed by atoms with Crippen LogP contribution in [0.5, 0.6) is 0 Å². The maximum atomic E-state index is 12.5. The number of amides is 1. The van der Waals surface area contributed by atoms with Crippen molar-refractivity contribution in [2.45, 2.75) is 19.9 Å². The Kier molecular flexibility index (Phi) is 4.00. The lowest BCUT2D eigenvalue weighted by Crippen LogP contribution is -2.30. The van der Waals surface area contributed by atoms with Gasteiger partial charge in [-0.25, -0.2) is 0 Å². The molecular formula is C17H19NO. The third-order valence-electron chi connectivity index (χ3n) is 3.56. The first-order valence-corrected chi connectivity index (χ1v) is 6.49. The highest BCUT2D eigenvalue weighted by Gasteiger charge is 2.19. The molecule has 0 spiro atoms. The molecule has 0 bridgehead atoms. The molecule has 0 aliphatic heterocycles. The maximum absolute atomic E-state index is 12.5. The predicted octanol–water partition coefficient (Wildman–Crippen LogP) is 3.83. The molecular weight excluding hydrogens is 234 g/mol. The second-order valence-corrected chi connectivity index (χ2v) is 4.82. The third-order valence-corrected chi connectivity index (χ3v) is 3.56. The van der Waals surface area contributed by atoms with E-state index >= 15 is 0 Å². The van der Waals surface area contributed by atoms with Crippen LogP contribution in [0.3, 0.4) is 0 Å². The molecule has 1 amide bonds. The molecule has 0 fully saturated rings. The molecule has 2 rings (SSSR count). The minimum absolute atomic E-state index is 0.0632. The Labute approximate surface area is 114 Å². The Bertz CT molecular complexity index is 562. The Hall–Kier alpha value is -2.09. The van der Waals surface area contributed by atoms with Gasteiger partial charge in [0.05, 0.1) is 6.04 Å². The van der Waals surface area contributed by atoms with E-state index in [0.29, 0.717) is 0 Å². The van der Waals surface area contributed by atoms with Crippen molar-refractivity contribution in [1.29, 1.82) is 0 Å². The number of hydrogen-bond donors (Lipinski definition) is 0. The van der Waals surface area contributed by atoms with Gasteiger partial charge >= 0.3 is 0 Å². The van der Waals surface area contributed by atoms with Gasteiger partial charge in [-0.2, -0.15) is 0 Å². The van der Waals surface area contributed by atoms with E-state index < -0.39 is 0 Å². The summed E-state index contributed by atoms with van der Waals surface area (Å²) in [6.07, 6.45) is 0. The Balaban J connectivity index is 2.23. The summed E-state index contributed by atoms with van der Waals surface area (Å²) in [6.45, 7) is 4.01. The van der Waals surface area contributed by atoms with E-state index in [0.717, 1.165) is 16.7 Å². The molecule has 2 aromatic carbocycles. The van der Waals surface area contributed by atoms with Crippen LogP contribution in [0.25, 0.3) is 0 Å². The van der Waals surface area contributed by atoms with E-state index in [9.17, 15) is 4.79 Å². The molecule has 0 aromatic heterocycles. The minimum Gasteiger partial charge on any atom is -0.335 e. The average molecular weight is 253 g/mol. The zero-order valence-corrected chi connectivity index (χ0v) is 11.6. The van der Waals surface area contributed by atoms with E-state index in [2.05, 4.69) is 0 Å². The zero-order valence-electron chi connectivity index (χ0n) is 11.6. The van der Waals surface area contributed by atoms with Gasteiger partial charge in [-0.15, -0.1) is 0 Å². The number of rotatable bonds is 3. The van der Waals surface area contributed by atoms with Crippen LogP contribution >= 0.6 is 0 Å². The molecule has 0 aliphatic rings. The fraction of sp³-hybridized carbons (Fsp3) is 0.235. The SMILES string of the molecule is Cc1ccccc1C(=O)N(C)[C@@H](C)c1ccccc1. The molecule has 0 heterocycles. The van der Waals surface area contributed by atoms with Crippen molar-refractivity contribution in [3.05, 3.63) is 71.3 Å². The fourth-order valence-corrected chi connectivity index (χ4v) is 2.13. The van der Waals surface area contributed by atoms with Crippen molar-refractivity contribution < 1.29 is 4.79 Å². The lowest BCUT2D eigenvalue weighted by Gasteiger charge is -2.26. The van der Waals surface area contributed by atoms with Crippen LogP contribution in [0.15, 0.2) is 54.6 Å². The number of carbonyl (C=O) groups is 1. The molecule has 0 radical (unpaired) electrons. The molecule has 2 aromatic rings. The van der Waals surface area contributed by atoms with Crippen LogP contribution in [-0.4, -0.2) is 17.9 Å². The summed E-state index contributed by atoms with van der Waals surface area (Å²) in [5, 5.41) is 0. The highest BCUT2D eigenvalue weighted by Crippen LogP contribution is 2.21. The summed E-state index contributed by atoms with van der Waals surface area (Å²) in [4.78, 5) is 14.3. The highest BCUT2D eigenvalue weighted by atomic mass is 16.2. The van der Waals surface area contributed by atoms with Gasteiger partial charge in [0.15, 0.2) is 0 Å². The zero-order chi connectivity index (χ0) is 13.8. The van der Waals surface area contributed by atoms with Gasteiger partial charge in [-0.05, 0) is 31.0 Å². The highest BCUT2D eigenvalue weighted by molar-refractivity contribution is 5.95. The van der Waals surface area contributed by atoms with Crippen LogP contribution in [-0.2, 0) is 0 Å². The van der Waals surface area contributed by atoms with E-state index in [-0.39, 0.29) is 11.9 Å². The van der Waals surface area contributed by atoms with Gasteiger partial charge in [-0.3, -0.25) is 4.79 Å². The number of nitrogens with zero attached hydrogens (tertiary/aromatic N) is 1. The summed E-state index contributed by atoms with van der Waals surface area (Å²) in [6, 6.07) is 17.8. The van der Waals surface area contributed by atoms with Gasteiger partial charge < -0.3 is 4.90 Å². The van der Waals surface area contributed by atoms with Crippen LogP contribution in [0, 0.1) is 6.92 Å². The Morgan fingerprint density at radius 3 is 2.21 bits per heavy atom. The second kappa shape index (κ2) is 5.70. The van der Waals surface area contributed by atoms with Crippen LogP contribution in [0.2, 0.25) is 0 Å². The molecule has 0 saturated heterocycles.